The number of esters is 3. The molecule has 3 aromatic carbocycles. The van der Waals surface area contributed by atoms with Crippen LogP contribution in [0.2, 0.25) is 0 Å². The first-order chi connectivity index (χ1) is 16.5. The Hall–Kier alpha value is -4.01. The number of benzene rings is 3. The maximum atomic E-state index is 12.6. The second-order valence-electron chi connectivity index (χ2n) is 7.51. The molecule has 1 saturated heterocycles. The Balaban J connectivity index is 1.47. The average Bonchev–Trinajstić information content (AvgIpc) is 3.17. The summed E-state index contributed by atoms with van der Waals surface area (Å²) >= 11 is 0. The molecule has 8 nitrogen and oxygen atoms in total. The summed E-state index contributed by atoms with van der Waals surface area (Å²) in [5, 5.41) is 10.8. The van der Waals surface area contributed by atoms with Gasteiger partial charge in [-0.05, 0) is 36.4 Å². The Labute approximate surface area is 195 Å². The molecule has 174 valence electrons. The maximum Gasteiger partial charge on any atom is 0.340 e. The number of hydrogen-bond acceptors (Lipinski definition) is 8. The van der Waals surface area contributed by atoms with Gasteiger partial charge >= 0.3 is 17.9 Å². The molecule has 1 fully saturated rings. The molecule has 0 aliphatic carbocycles. The van der Waals surface area contributed by atoms with E-state index < -0.39 is 42.5 Å². The van der Waals surface area contributed by atoms with Gasteiger partial charge in [0.1, 0.15) is 12.7 Å². The maximum absolute atomic E-state index is 12.6. The minimum absolute atomic E-state index is 0.259. The first kappa shape index (κ1) is 23.2. The first-order valence-corrected chi connectivity index (χ1v) is 10.6. The number of aliphatic hydroxyl groups excluding tert-OH is 1. The third-order valence-corrected chi connectivity index (χ3v) is 5.16. The van der Waals surface area contributed by atoms with E-state index in [9.17, 15) is 19.5 Å². The molecule has 3 aromatic rings. The van der Waals surface area contributed by atoms with Crippen LogP contribution in [0.4, 0.5) is 0 Å². The third-order valence-electron chi connectivity index (χ3n) is 5.16. The van der Waals surface area contributed by atoms with Crippen molar-refractivity contribution < 1.29 is 38.4 Å². The zero-order chi connectivity index (χ0) is 23.9. The minimum Gasteiger partial charge on any atom is -0.459 e. The van der Waals surface area contributed by atoms with Crippen LogP contribution in [0, 0.1) is 0 Å². The summed E-state index contributed by atoms with van der Waals surface area (Å²) in [5.41, 5.74) is 0.848. The fraction of sp³-hybridized carbons (Fsp3) is 0.192. The van der Waals surface area contributed by atoms with Gasteiger partial charge in [-0.25, -0.2) is 14.4 Å². The van der Waals surface area contributed by atoms with Crippen molar-refractivity contribution in [2.75, 3.05) is 6.61 Å². The molecule has 0 amide bonds. The third kappa shape index (κ3) is 5.48. The molecule has 4 atom stereocenters. The van der Waals surface area contributed by atoms with Crippen molar-refractivity contribution in [1.29, 1.82) is 0 Å². The van der Waals surface area contributed by atoms with Crippen LogP contribution in [-0.2, 0) is 18.9 Å². The Morgan fingerprint density at radius 3 is 1.62 bits per heavy atom. The molecule has 0 aromatic heterocycles. The molecule has 0 radical (unpaired) electrons. The van der Waals surface area contributed by atoms with Crippen LogP contribution in [-0.4, -0.2) is 54.2 Å². The molecule has 0 spiro atoms. The fourth-order valence-electron chi connectivity index (χ4n) is 3.41. The van der Waals surface area contributed by atoms with Crippen LogP contribution < -0.4 is 0 Å². The topological polar surface area (TPSA) is 108 Å². The Bertz CT molecular complexity index is 1120. The van der Waals surface area contributed by atoms with Crippen LogP contribution in [0.5, 0.6) is 0 Å². The van der Waals surface area contributed by atoms with E-state index in [0.29, 0.717) is 5.56 Å². The van der Waals surface area contributed by atoms with E-state index in [-0.39, 0.29) is 17.7 Å². The zero-order valence-corrected chi connectivity index (χ0v) is 18.0. The van der Waals surface area contributed by atoms with Crippen LogP contribution in [0.25, 0.3) is 0 Å². The van der Waals surface area contributed by atoms with E-state index in [4.69, 9.17) is 18.9 Å². The van der Waals surface area contributed by atoms with Gasteiger partial charge in [0.2, 0.25) is 6.29 Å². The molecule has 4 rings (SSSR count). The van der Waals surface area contributed by atoms with E-state index in [0.717, 1.165) is 0 Å². The normalized spacial score (nSPS) is 21.4. The molecule has 0 saturated carbocycles. The summed E-state index contributed by atoms with van der Waals surface area (Å²) in [6.07, 6.45) is -5.24. The summed E-state index contributed by atoms with van der Waals surface area (Å²) in [6, 6.07) is 24.7. The van der Waals surface area contributed by atoms with Crippen LogP contribution in [0.1, 0.15) is 31.1 Å². The van der Waals surface area contributed by atoms with Crippen molar-refractivity contribution in [1.82, 2.24) is 0 Å². The second kappa shape index (κ2) is 10.7. The number of aliphatic hydroxyl groups is 1. The van der Waals surface area contributed by atoms with Crippen molar-refractivity contribution in [3.63, 3.8) is 0 Å². The van der Waals surface area contributed by atoms with E-state index in [1.807, 2.05) is 0 Å². The molecule has 1 heterocycles. The van der Waals surface area contributed by atoms with Gasteiger partial charge in [0.15, 0.2) is 12.2 Å². The van der Waals surface area contributed by atoms with Crippen molar-refractivity contribution in [3.8, 4) is 0 Å². The Kier molecular flexibility index (Phi) is 7.31. The summed E-state index contributed by atoms with van der Waals surface area (Å²) in [7, 11) is 0. The summed E-state index contributed by atoms with van der Waals surface area (Å²) in [4.78, 5) is 37.4. The Morgan fingerprint density at radius 1 is 0.676 bits per heavy atom. The highest BCUT2D eigenvalue weighted by Crippen LogP contribution is 2.27. The number of carbonyl (C=O) groups excluding carboxylic acids is 3. The molecule has 1 aliphatic heterocycles. The zero-order valence-electron chi connectivity index (χ0n) is 18.0. The van der Waals surface area contributed by atoms with E-state index in [1.54, 1.807) is 91.0 Å². The second-order valence-corrected chi connectivity index (χ2v) is 7.51. The van der Waals surface area contributed by atoms with E-state index >= 15 is 0 Å². The highest BCUT2D eigenvalue weighted by molar-refractivity contribution is 5.90. The van der Waals surface area contributed by atoms with Crippen molar-refractivity contribution in [2.45, 2.75) is 24.6 Å². The number of hydrogen-bond donors (Lipinski definition) is 1. The first-order valence-electron chi connectivity index (χ1n) is 10.6. The van der Waals surface area contributed by atoms with Gasteiger partial charge in [-0.2, -0.15) is 0 Å². The van der Waals surface area contributed by atoms with Crippen molar-refractivity contribution >= 4 is 17.9 Å². The lowest BCUT2D eigenvalue weighted by Crippen LogP contribution is -2.40. The summed E-state index contributed by atoms with van der Waals surface area (Å²) < 4.78 is 21.8. The number of ether oxygens (including phenoxy) is 4. The molecular weight excluding hydrogens is 440 g/mol. The standard InChI is InChI=1S/C26H22O8/c27-21-22(33-24(29)18-12-6-2-7-13-18)20(16-31-23(28)17-10-4-1-5-11-17)32-26(21)34-25(30)19-14-8-3-9-15-19/h1-15,20-22,26-27H,16H2/t20-,21-,22-,26-/m1/s1. The average molecular weight is 462 g/mol. The monoisotopic (exact) mass is 462 g/mol. The van der Waals surface area contributed by atoms with Gasteiger partial charge in [0.25, 0.3) is 0 Å². The van der Waals surface area contributed by atoms with E-state index in [2.05, 4.69) is 0 Å². The van der Waals surface area contributed by atoms with Gasteiger partial charge < -0.3 is 24.1 Å². The predicted molar refractivity (Wildman–Crippen MR) is 119 cm³/mol. The smallest absolute Gasteiger partial charge is 0.340 e. The van der Waals surface area contributed by atoms with Crippen LogP contribution in [0.15, 0.2) is 91.0 Å². The highest BCUT2D eigenvalue weighted by atomic mass is 16.7. The lowest BCUT2D eigenvalue weighted by molar-refractivity contribution is -0.139. The van der Waals surface area contributed by atoms with Gasteiger partial charge in [-0.3, -0.25) is 0 Å². The highest BCUT2D eigenvalue weighted by Gasteiger charge is 2.49. The van der Waals surface area contributed by atoms with Gasteiger partial charge in [-0.15, -0.1) is 0 Å². The van der Waals surface area contributed by atoms with Gasteiger partial charge in [-0.1, -0.05) is 54.6 Å². The lowest BCUT2D eigenvalue weighted by atomic mass is 10.1. The molecule has 8 heteroatoms. The summed E-state index contributed by atoms with van der Waals surface area (Å²) in [6.45, 7) is -0.336. The SMILES string of the molecule is O=C(OC[C@H]1O[C@H](OC(=O)c2ccccc2)[C@H](O)[C@@H]1OC(=O)c1ccccc1)c1ccccc1. The molecule has 0 bridgehead atoms. The minimum atomic E-state index is -1.50. The lowest BCUT2D eigenvalue weighted by Gasteiger charge is -2.20. The molecule has 1 aliphatic rings. The number of carbonyl (C=O) groups is 3. The fourth-order valence-corrected chi connectivity index (χ4v) is 3.41. The Morgan fingerprint density at radius 2 is 1.12 bits per heavy atom. The largest absolute Gasteiger partial charge is 0.459 e. The van der Waals surface area contributed by atoms with Crippen molar-refractivity contribution in [3.05, 3.63) is 108 Å². The summed E-state index contributed by atoms with van der Waals surface area (Å²) in [5.74, 6) is -2.04. The van der Waals surface area contributed by atoms with E-state index in [1.165, 1.54) is 0 Å². The predicted octanol–water partition coefficient (Wildman–Crippen LogP) is 3.01. The van der Waals surface area contributed by atoms with Crippen molar-refractivity contribution in [2.24, 2.45) is 0 Å². The number of rotatable bonds is 7. The molecule has 1 N–H and O–H groups in total. The quantitative estimate of drug-likeness (QED) is 0.422. The van der Waals surface area contributed by atoms with Gasteiger partial charge in [0.05, 0.1) is 16.7 Å². The van der Waals surface area contributed by atoms with Gasteiger partial charge in [0, 0.05) is 0 Å². The van der Waals surface area contributed by atoms with Crippen LogP contribution >= 0.6 is 0 Å². The molecule has 34 heavy (non-hydrogen) atoms. The van der Waals surface area contributed by atoms with Crippen LogP contribution in [0.3, 0.4) is 0 Å². The molecular formula is C26H22O8. The molecule has 0 unspecified atom stereocenters.